The Morgan fingerprint density at radius 1 is 1.53 bits per heavy atom. The molecule has 0 unspecified atom stereocenters. The van der Waals surface area contributed by atoms with Crippen molar-refractivity contribution in [1.29, 1.82) is 0 Å². The summed E-state index contributed by atoms with van der Waals surface area (Å²) < 4.78 is 5.28. The van der Waals surface area contributed by atoms with Gasteiger partial charge < -0.3 is 10.1 Å². The Balaban J connectivity index is 1.84. The van der Waals surface area contributed by atoms with Crippen LogP contribution in [0, 0.1) is 0 Å². The van der Waals surface area contributed by atoms with E-state index in [0.717, 1.165) is 25.9 Å². The quantitative estimate of drug-likeness (QED) is 0.853. The summed E-state index contributed by atoms with van der Waals surface area (Å²) in [6.45, 7) is 1.72. The fraction of sp³-hybridized carbons (Fsp3) is 0.417. The summed E-state index contributed by atoms with van der Waals surface area (Å²) >= 11 is 5.82. The van der Waals surface area contributed by atoms with E-state index in [-0.39, 0.29) is 6.10 Å². The van der Waals surface area contributed by atoms with E-state index in [1.807, 2.05) is 0 Å². The molecule has 0 saturated carbocycles. The summed E-state index contributed by atoms with van der Waals surface area (Å²) in [6.07, 6.45) is 1.48. The van der Waals surface area contributed by atoms with Crippen LogP contribution in [0.5, 0.6) is 0 Å². The van der Waals surface area contributed by atoms with Gasteiger partial charge in [-0.25, -0.2) is 4.79 Å². The van der Waals surface area contributed by atoms with E-state index in [0.29, 0.717) is 10.7 Å². The Morgan fingerprint density at radius 2 is 2.41 bits per heavy atom. The summed E-state index contributed by atoms with van der Waals surface area (Å²) in [7, 11) is 0. The van der Waals surface area contributed by atoms with Crippen molar-refractivity contribution in [2.24, 2.45) is 0 Å². The second kappa shape index (κ2) is 5.89. The van der Waals surface area contributed by atoms with E-state index in [1.54, 1.807) is 24.3 Å². The van der Waals surface area contributed by atoms with Gasteiger partial charge in [0.15, 0.2) is 0 Å². The number of piperidine rings is 1. The number of hydrogen-bond donors (Lipinski definition) is 2. The molecule has 1 aliphatic rings. The molecule has 0 aromatic heterocycles. The Hall–Kier alpha value is -1.26. The first-order chi connectivity index (χ1) is 8.24. The SMILES string of the molecule is O=C(Nc1cccc(Cl)c1)O[C@H]1CCCNC1. The molecule has 2 N–H and O–H groups in total. The van der Waals surface area contributed by atoms with Gasteiger partial charge >= 0.3 is 6.09 Å². The van der Waals surface area contributed by atoms with Gasteiger partial charge in [-0.1, -0.05) is 17.7 Å². The van der Waals surface area contributed by atoms with Crippen LogP contribution < -0.4 is 10.6 Å². The van der Waals surface area contributed by atoms with Gasteiger partial charge in [0.2, 0.25) is 0 Å². The lowest BCUT2D eigenvalue weighted by Crippen LogP contribution is -2.37. The van der Waals surface area contributed by atoms with Crippen LogP contribution in [-0.4, -0.2) is 25.3 Å². The molecule has 17 heavy (non-hydrogen) atoms. The van der Waals surface area contributed by atoms with E-state index in [4.69, 9.17) is 16.3 Å². The number of carbonyl (C=O) groups excluding carboxylic acids is 1. The molecule has 0 aliphatic carbocycles. The van der Waals surface area contributed by atoms with E-state index in [2.05, 4.69) is 10.6 Å². The highest BCUT2D eigenvalue weighted by Gasteiger charge is 2.17. The molecular formula is C12H15ClN2O2. The predicted molar refractivity (Wildman–Crippen MR) is 67.4 cm³/mol. The number of nitrogens with one attached hydrogen (secondary N) is 2. The number of ether oxygens (including phenoxy) is 1. The molecule has 4 nitrogen and oxygen atoms in total. The normalized spacial score (nSPS) is 19.7. The van der Waals surface area contributed by atoms with Crippen molar-refractivity contribution in [1.82, 2.24) is 5.32 Å². The fourth-order valence-electron chi connectivity index (χ4n) is 1.79. The molecule has 1 aromatic carbocycles. The van der Waals surface area contributed by atoms with Crippen molar-refractivity contribution in [2.45, 2.75) is 18.9 Å². The number of rotatable bonds is 2. The molecule has 1 fully saturated rings. The van der Waals surface area contributed by atoms with Gasteiger partial charge in [0, 0.05) is 17.3 Å². The van der Waals surface area contributed by atoms with Crippen molar-refractivity contribution in [3.63, 3.8) is 0 Å². The summed E-state index contributed by atoms with van der Waals surface area (Å²) in [4.78, 5) is 11.6. The molecule has 5 heteroatoms. The standard InChI is InChI=1S/C12H15ClN2O2/c13-9-3-1-4-10(7-9)15-12(16)17-11-5-2-6-14-8-11/h1,3-4,7,11,14H,2,5-6,8H2,(H,15,16)/t11-/m0/s1. The maximum atomic E-state index is 11.6. The van der Waals surface area contributed by atoms with E-state index in [1.165, 1.54) is 0 Å². The van der Waals surface area contributed by atoms with E-state index in [9.17, 15) is 4.79 Å². The van der Waals surface area contributed by atoms with Crippen molar-refractivity contribution < 1.29 is 9.53 Å². The molecule has 1 aromatic rings. The first-order valence-electron chi connectivity index (χ1n) is 5.68. The molecule has 0 spiro atoms. The lowest BCUT2D eigenvalue weighted by atomic mass is 10.1. The number of amides is 1. The van der Waals surface area contributed by atoms with Crippen LogP contribution in [0.3, 0.4) is 0 Å². The Kier molecular flexibility index (Phi) is 4.23. The molecular weight excluding hydrogens is 240 g/mol. The first kappa shape index (κ1) is 12.2. The minimum absolute atomic E-state index is 0.0389. The summed E-state index contributed by atoms with van der Waals surface area (Å²) in [5.74, 6) is 0. The molecule has 0 bridgehead atoms. The molecule has 1 aliphatic heterocycles. The van der Waals surface area contributed by atoms with Crippen molar-refractivity contribution in [2.75, 3.05) is 18.4 Å². The average Bonchev–Trinajstić information content (AvgIpc) is 2.30. The molecule has 1 saturated heterocycles. The number of benzene rings is 1. The Bertz CT molecular complexity index is 392. The van der Waals surface area contributed by atoms with Crippen LogP contribution in [0.15, 0.2) is 24.3 Å². The fourth-order valence-corrected chi connectivity index (χ4v) is 1.98. The van der Waals surface area contributed by atoms with Gasteiger partial charge in [-0.3, -0.25) is 5.32 Å². The van der Waals surface area contributed by atoms with Crippen LogP contribution in [0.2, 0.25) is 5.02 Å². The van der Waals surface area contributed by atoms with Crippen molar-refractivity contribution >= 4 is 23.4 Å². The lowest BCUT2D eigenvalue weighted by Gasteiger charge is -2.22. The van der Waals surface area contributed by atoms with Crippen molar-refractivity contribution in [3.05, 3.63) is 29.3 Å². The molecule has 1 atom stereocenters. The van der Waals surface area contributed by atoms with Crippen LogP contribution in [-0.2, 0) is 4.74 Å². The van der Waals surface area contributed by atoms with Crippen LogP contribution >= 0.6 is 11.6 Å². The van der Waals surface area contributed by atoms with Gasteiger partial charge in [0.1, 0.15) is 6.10 Å². The number of carbonyl (C=O) groups is 1. The molecule has 1 heterocycles. The van der Waals surface area contributed by atoms with Gasteiger partial charge in [0.25, 0.3) is 0 Å². The zero-order valence-electron chi connectivity index (χ0n) is 9.41. The average molecular weight is 255 g/mol. The first-order valence-corrected chi connectivity index (χ1v) is 6.06. The molecule has 1 amide bonds. The lowest BCUT2D eigenvalue weighted by molar-refractivity contribution is 0.0941. The maximum absolute atomic E-state index is 11.6. The highest BCUT2D eigenvalue weighted by molar-refractivity contribution is 6.30. The molecule has 0 radical (unpaired) electrons. The predicted octanol–water partition coefficient (Wildman–Crippen LogP) is 2.64. The van der Waals surface area contributed by atoms with Crippen molar-refractivity contribution in [3.8, 4) is 0 Å². The largest absolute Gasteiger partial charge is 0.445 e. The summed E-state index contributed by atoms with van der Waals surface area (Å²) in [6, 6.07) is 6.98. The Morgan fingerprint density at radius 3 is 3.12 bits per heavy atom. The number of halogens is 1. The van der Waals surface area contributed by atoms with E-state index >= 15 is 0 Å². The highest BCUT2D eigenvalue weighted by atomic mass is 35.5. The topological polar surface area (TPSA) is 50.4 Å². The molecule has 92 valence electrons. The van der Waals surface area contributed by atoms with Crippen LogP contribution in [0.1, 0.15) is 12.8 Å². The summed E-state index contributed by atoms with van der Waals surface area (Å²) in [5, 5.41) is 6.43. The van der Waals surface area contributed by atoms with Gasteiger partial charge in [-0.15, -0.1) is 0 Å². The second-order valence-corrected chi connectivity index (χ2v) is 4.45. The maximum Gasteiger partial charge on any atom is 0.411 e. The second-order valence-electron chi connectivity index (χ2n) is 4.01. The van der Waals surface area contributed by atoms with Gasteiger partial charge in [-0.05, 0) is 37.6 Å². The van der Waals surface area contributed by atoms with Crippen LogP contribution in [0.4, 0.5) is 10.5 Å². The number of hydrogen-bond acceptors (Lipinski definition) is 3. The highest BCUT2D eigenvalue weighted by Crippen LogP contribution is 2.15. The molecule has 2 rings (SSSR count). The minimum Gasteiger partial charge on any atom is -0.445 e. The van der Waals surface area contributed by atoms with Gasteiger partial charge in [-0.2, -0.15) is 0 Å². The van der Waals surface area contributed by atoms with Gasteiger partial charge in [0.05, 0.1) is 0 Å². The van der Waals surface area contributed by atoms with E-state index < -0.39 is 6.09 Å². The third kappa shape index (κ3) is 3.91. The van der Waals surface area contributed by atoms with Crippen LogP contribution in [0.25, 0.3) is 0 Å². The monoisotopic (exact) mass is 254 g/mol. The zero-order chi connectivity index (χ0) is 12.1. The number of anilines is 1. The Labute approximate surface area is 105 Å². The third-order valence-electron chi connectivity index (χ3n) is 2.60. The third-order valence-corrected chi connectivity index (χ3v) is 2.83. The smallest absolute Gasteiger partial charge is 0.411 e. The zero-order valence-corrected chi connectivity index (χ0v) is 10.2. The summed E-state index contributed by atoms with van der Waals surface area (Å²) in [5.41, 5.74) is 0.645. The minimum atomic E-state index is -0.430.